The van der Waals surface area contributed by atoms with Crippen molar-refractivity contribution < 1.29 is 3.51 Å². The minimum Gasteiger partial charge on any atom is -0.254 e. The molecule has 14 heavy (non-hydrogen) atoms. The van der Waals surface area contributed by atoms with Crippen molar-refractivity contribution in [1.29, 1.82) is 0 Å². The van der Waals surface area contributed by atoms with E-state index in [0.717, 1.165) is 23.0 Å². The average Bonchev–Trinajstić information content (AvgIpc) is 2.16. The third-order valence-electron chi connectivity index (χ3n) is 2.15. The molecule has 0 fully saturated rings. The molecule has 0 aliphatic heterocycles. The van der Waals surface area contributed by atoms with Gasteiger partial charge in [-0.05, 0) is 0 Å². The van der Waals surface area contributed by atoms with Crippen LogP contribution in [0.25, 0.3) is 0 Å². The molecular formula is C12H17BrN+. The minimum absolute atomic E-state index is 0.836. The fourth-order valence-electron chi connectivity index (χ4n) is 1.40. The molecule has 0 aromatic heterocycles. The number of hydrogen-bond acceptors (Lipinski definition) is 0. The molecule has 0 saturated heterocycles. The highest BCUT2D eigenvalue weighted by Crippen LogP contribution is 2.18. The van der Waals surface area contributed by atoms with Crippen LogP contribution in [0.5, 0.6) is 0 Å². The zero-order chi connectivity index (χ0) is 10.4. The molecule has 76 valence electrons. The lowest BCUT2D eigenvalue weighted by atomic mass is 10.2. The summed E-state index contributed by atoms with van der Waals surface area (Å²) >= 11 is 3.71. The number of quaternary nitrogens is 1. The number of benzene rings is 1. The fraction of sp³-hybridized carbons (Fsp3) is 0.333. The number of nitrogens with zero attached hydrogens (tertiary/aromatic N) is 1. The summed E-state index contributed by atoms with van der Waals surface area (Å²) in [6.45, 7) is 5.82. The molecule has 1 aromatic carbocycles. The maximum atomic E-state index is 3.74. The molecule has 0 amide bonds. The van der Waals surface area contributed by atoms with Crippen LogP contribution in [0.1, 0.15) is 12.0 Å². The van der Waals surface area contributed by atoms with Gasteiger partial charge >= 0.3 is 0 Å². The summed E-state index contributed by atoms with van der Waals surface area (Å²) < 4.78 is 0.836. The van der Waals surface area contributed by atoms with Crippen molar-refractivity contribution >= 4 is 16.1 Å². The Hall–Kier alpha value is -0.600. The Bertz CT molecular complexity index is 280. The van der Waals surface area contributed by atoms with Crippen LogP contribution in [-0.2, 0) is 6.54 Å². The third kappa shape index (κ3) is 4.07. The van der Waals surface area contributed by atoms with Crippen molar-refractivity contribution in [3.05, 3.63) is 48.6 Å². The van der Waals surface area contributed by atoms with Gasteiger partial charge in [-0.15, -0.1) is 6.58 Å². The van der Waals surface area contributed by atoms with Crippen molar-refractivity contribution in [1.82, 2.24) is 0 Å². The van der Waals surface area contributed by atoms with E-state index in [2.05, 4.69) is 54.0 Å². The molecule has 1 aromatic rings. The first-order chi connectivity index (χ1) is 6.64. The second kappa shape index (κ2) is 5.32. The molecule has 0 radical (unpaired) electrons. The zero-order valence-electron chi connectivity index (χ0n) is 8.62. The molecule has 0 spiro atoms. The first kappa shape index (κ1) is 11.5. The Morgan fingerprint density at radius 3 is 2.57 bits per heavy atom. The summed E-state index contributed by atoms with van der Waals surface area (Å²) in [5.74, 6) is 0. The van der Waals surface area contributed by atoms with Gasteiger partial charge in [0.2, 0.25) is 16.1 Å². The van der Waals surface area contributed by atoms with Crippen LogP contribution in [0.15, 0.2) is 43.0 Å². The Morgan fingerprint density at radius 2 is 2.00 bits per heavy atom. The topological polar surface area (TPSA) is 0 Å². The number of halogens is 1. The van der Waals surface area contributed by atoms with Gasteiger partial charge in [-0.1, -0.05) is 36.4 Å². The first-order valence-electron chi connectivity index (χ1n) is 4.83. The average molecular weight is 255 g/mol. The van der Waals surface area contributed by atoms with E-state index in [9.17, 15) is 0 Å². The first-order valence-corrected chi connectivity index (χ1v) is 5.54. The lowest BCUT2D eigenvalue weighted by Gasteiger charge is -2.24. The van der Waals surface area contributed by atoms with E-state index in [-0.39, 0.29) is 0 Å². The predicted molar refractivity (Wildman–Crippen MR) is 64.9 cm³/mol. The fourth-order valence-corrected chi connectivity index (χ4v) is 1.90. The number of rotatable bonds is 5. The van der Waals surface area contributed by atoms with E-state index >= 15 is 0 Å². The minimum atomic E-state index is 0.836. The lowest BCUT2D eigenvalue weighted by Crippen LogP contribution is -2.32. The largest absolute Gasteiger partial charge is 0.254 e. The summed E-state index contributed by atoms with van der Waals surface area (Å²) in [5.41, 5.74) is 1.36. The highest BCUT2D eigenvalue weighted by atomic mass is 79.9. The van der Waals surface area contributed by atoms with Gasteiger partial charge < -0.3 is 0 Å². The smallest absolute Gasteiger partial charge is 0.227 e. The summed E-state index contributed by atoms with van der Waals surface area (Å²) in [4.78, 5) is 0. The molecule has 1 rings (SSSR count). The zero-order valence-corrected chi connectivity index (χ0v) is 10.2. The summed E-state index contributed by atoms with van der Waals surface area (Å²) in [7, 11) is 2.18. The van der Waals surface area contributed by atoms with E-state index in [0.29, 0.717) is 0 Å². The van der Waals surface area contributed by atoms with E-state index in [1.165, 1.54) is 5.56 Å². The Kier molecular flexibility index (Phi) is 4.36. The van der Waals surface area contributed by atoms with E-state index < -0.39 is 0 Å². The Balaban J connectivity index is 2.54. The van der Waals surface area contributed by atoms with Gasteiger partial charge in [0, 0.05) is 12.0 Å². The molecule has 1 nitrogen and oxygen atoms in total. The summed E-state index contributed by atoms with van der Waals surface area (Å²) in [5, 5.41) is 0. The molecule has 0 aliphatic carbocycles. The second-order valence-electron chi connectivity index (χ2n) is 3.71. The summed E-state index contributed by atoms with van der Waals surface area (Å²) in [6, 6.07) is 10.5. The maximum absolute atomic E-state index is 3.74. The standard InChI is InChI=1S/C12H17BrN/c1-3-4-10-14(2,13)11-12-8-6-5-7-9-12/h3,5-9H,1,4,10-11H2,2H3/q+1. The van der Waals surface area contributed by atoms with Crippen molar-refractivity contribution in [2.45, 2.75) is 13.0 Å². The third-order valence-corrected chi connectivity index (χ3v) is 2.76. The van der Waals surface area contributed by atoms with Crippen LogP contribution in [0.4, 0.5) is 0 Å². The van der Waals surface area contributed by atoms with Crippen molar-refractivity contribution in [3.8, 4) is 0 Å². The van der Waals surface area contributed by atoms with Crippen LogP contribution in [0.2, 0.25) is 0 Å². The molecule has 0 heterocycles. The van der Waals surface area contributed by atoms with Gasteiger partial charge in [0.25, 0.3) is 0 Å². The molecular weight excluding hydrogens is 238 g/mol. The molecule has 2 heteroatoms. The van der Waals surface area contributed by atoms with Crippen molar-refractivity contribution in [3.63, 3.8) is 0 Å². The Morgan fingerprint density at radius 1 is 1.36 bits per heavy atom. The van der Waals surface area contributed by atoms with Crippen LogP contribution in [-0.4, -0.2) is 17.1 Å². The normalized spacial score (nSPS) is 14.7. The molecule has 0 bridgehead atoms. The van der Waals surface area contributed by atoms with Gasteiger partial charge in [-0.3, -0.25) is 3.51 Å². The Labute approximate surface area is 95.0 Å². The summed E-state index contributed by atoms with van der Waals surface area (Å²) in [6.07, 6.45) is 3.00. The number of hydrogen-bond donors (Lipinski definition) is 0. The van der Waals surface area contributed by atoms with Crippen LogP contribution in [0.3, 0.4) is 0 Å². The van der Waals surface area contributed by atoms with E-state index in [1.807, 2.05) is 12.1 Å². The van der Waals surface area contributed by atoms with Crippen LogP contribution < -0.4 is 0 Å². The van der Waals surface area contributed by atoms with E-state index in [4.69, 9.17) is 0 Å². The van der Waals surface area contributed by atoms with Gasteiger partial charge in [0.1, 0.15) is 6.54 Å². The van der Waals surface area contributed by atoms with Gasteiger partial charge in [0.05, 0.1) is 13.6 Å². The van der Waals surface area contributed by atoms with E-state index in [1.54, 1.807) is 0 Å². The maximum Gasteiger partial charge on any atom is 0.227 e. The highest BCUT2D eigenvalue weighted by Gasteiger charge is 2.17. The van der Waals surface area contributed by atoms with Crippen molar-refractivity contribution in [2.75, 3.05) is 13.6 Å². The highest BCUT2D eigenvalue weighted by molar-refractivity contribution is 9.05. The monoisotopic (exact) mass is 254 g/mol. The van der Waals surface area contributed by atoms with Gasteiger partial charge in [0.15, 0.2) is 0 Å². The van der Waals surface area contributed by atoms with Gasteiger partial charge in [-0.2, -0.15) is 0 Å². The van der Waals surface area contributed by atoms with Crippen LogP contribution >= 0.6 is 16.1 Å². The van der Waals surface area contributed by atoms with Crippen LogP contribution in [0, 0.1) is 0 Å². The molecule has 1 unspecified atom stereocenters. The molecule has 1 atom stereocenters. The molecule has 0 aliphatic rings. The second-order valence-corrected chi connectivity index (χ2v) is 5.42. The molecule has 0 N–H and O–H groups in total. The van der Waals surface area contributed by atoms with Crippen molar-refractivity contribution in [2.24, 2.45) is 0 Å². The predicted octanol–water partition coefficient (Wildman–Crippen LogP) is 3.52. The molecule has 0 saturated carbocycles. The SMILES string of the molecule is C=CCC[N+](C)(Br)Cc1ccccc1. The lowest BCUT2D eigenvalue weighted by molar-refractivity contribution is -0.771. The quantitative estimate of drug-likeness (QED) is 0.558. The van der Waals surface area contributed by atoms with Gasteiger partial charge in [-0.25, -0.2) is 0 Å².